The first-order valence-electron chi connectivity index (χ1n) is 7.22. The van der Waals surface area contributed by atoms with Gasteiger partial charge in [0.25, 0.3) is 0 Å². The van der Waals surface area contributed by atoms with E-state index in [0.717, 1.165) is 0 Å². The molecule has 0 unspecified atom stereocenters. The van der Waals surface area contributed by atoms with Gasteiger partial charge in [-0.2, -0.15) is 5.11 Å². The molecule has 2 N–H and O–H groups in total. The van der Waals surface area contributed by atoms with E-state index in [1.165, 1.54) is 27.2 Å². The molecule has 0 saturated heterocycles. The van der Waals surface area contributed by atoms with Crippen molar-refractivity contribution < 1.29 is 19.1 Å². The van der Waals surface area contributed by atoms with Crippen molar-refractivity contribution in [1.82, 2.24) is 4.98 Å². The lowest BCUT2D eigenvalue weighted by Crippen LogP contribution is -2.15. The lowest BCUT2D eigenvalue weighted by Gasteiger charge is -2.12. The Morgan fingerprint density at radius 1 is 1.04 bits per heavy atom. The summed E-state index contributed by atoms with van der Waals surface area (Å²) in [4.78, 5) is 27.0. The van der Waals surface area contributed by atoms with E-state index >= 15 is 0 Å². The van der Waals surface area contributed by atoms with Crippen molar-refractivity contribution in [3.05, 3.63) is 36.4 Å². The zero-order valence-corrected chi connectivity index (χ0v) is 13.9. The number of aromatic nitrogens is 1. The number of anilines is 2. The SMILES string of the molecule is COC(=O)Nc1nc(NC(C)=O)c(/N=N/c2ccccc2)cc1OC. The van der Waals surface area contributed by atoms with E-state index in [0.29, 0.717) is 5.69 Å². The molecule has 25 heavy (non-hydrogen) atoms. The van der Waals surface area contributed by atoms with E-state index in [1.807, 2.05) is 18.2 Å². The van der Waals surface area contributed by atoms with E-state index in [9.17, 15) is 9.59 Å². The number of ether oxygens (including phenoxy) is 2. The van der Waals surface area contributed by atoms with Crippen molar-refractivity contribution in [1.29, 1.82) is 0 Å². The van der Waals surface area contributed by atoms with Crippen LogP contribution in [-0.4, -0.2) is 31.2 Å². The minimum Gasteiger partial charge on any atom is -0.493 e. The number of methoxy groups -OCH3 is 2. The summed E-state index contributed by atoms with van der Waals surface area (Å²) in [5.74, 6) is 0.0931. The molecule has 9 nitrogen and oxygen atoms in total. The number of nitrogens with zero attached hydrogens (tertiary/aromatic N) is 3. The van der Waals surface area contributed by atoms with Crippen LogP contribution < -0.4 is 15.4 Å². The van der Waals surface area contributed by atoms with E-state index in [1.54, 1.807) is 12.1 Å². The number of hydrogen-bond acceptors (Lipinski definition) is 7. The third kappa shape index (κ3) is 4.99. The molecule has 130 valence electrons. The zero-order valence-electron chi connectivity index (χ0n) is 13.9. The number of azo groups is 1. The Morgan fingerprint density at radius 2 is 1.76 bits per heavy atom. The number of carbonyl (C=O) groups excluding carboxylic acids is 2. The van der Waals surface area contributed by atoms with Gasteiger partial charge in [-0.25, -0.2) is 9.78 Å². The summed E-state index contributed by atoms with van der Waals surface area (Å²) in [5.41, 5.74) is 0.901. The molecule has 0 radical (unpaired) electrons. The molecule has 9 heteroatoms. The van der Waals surface area contributed by atoms with E-state index in [4.69, 9.17) is 4.74 Å². The van der Waals surface area contributed by atoms with Crippen molar-refractivity contribution >= 4 is 35.0 Å². The van der Waals surface area contributed by atoms with E-state index in [2.05, 4.69) is 30.6 Å². The second-order valence-electron chi connectivity index (χ2n) is 4.74. The minimum absolute atomic E-state index is 0.0803. The normalized spacial score (nSPS) is 10.4. The molecule has 1 aromatic carbocycles. The predicted molar refractivity (Wildman–Crippen MR) is 91.7 cm³/mol. The molecule has 0 aliphatic carbocycles. The highest BCUT2D eigenvalue weighted by Gasteiger charge is 2.16. The number of rotatable bonds is 5. The van der Waals surface area contributed by atoms with Gasteiger partial charge in [-0.1, -0.05) is 18.2 Å². The van der Waals surface area contributed by atoms with Crippen molar-refractivity contribution in [3.8, 4) is 5.75 Å². The Hall–Kier alpha value is -3.49. The number of amides is 2. The van der Waals surface area contributed by atoms with Crippen molar-refractivity contribution in [2.45, 2.75) is 6.92 Å². The summed E-state index contributed by atoms with van der Waals surface area (Å²) in [7, 11) is 2.63. The van der Waals surface area contributed by atoms with Crippen LogP contribution in [-0.2, 0) is 9.53 Å². The maximum absolute atomic E-state index is 11.4. The van der Waals surface area contributed by atoms with Gasteiger partial charge in [0.1, 0.15) is 5.69 Å². The summed E-state index contributed by atoms with van der Waals surface area (Å²) in [6, 6.07) is 10.6. The van der Waals surface area contributed by atoms with Gasteiger partial charge in [0.2, 0.25) is 5.91 Å². The Kier molecular flexibility index (Phi) is 5.99. The largest absolute Gasteiger partial charge is 0.493 e. The molecule has 0 fully saturated rings. The highest BCUT2D eigenvalue weighted by atomic mass is 16.5. The second-order valence-corrected chi connectivity index (χ2v) is 4.74. The second kappa shape index (κ2) is 8.39. The average Bonchev–Trinajstić information content (AvgIpc) is 2.61. The van der Waals surface area contributed by atoms with Crippen molar-refractivity contribution in [2.75, 3.05) is 24.9 Å². The molecule has 1 heterocycles. The fraction of sp³-hybridized carbons (Fsp3) is 0.188. The lowest BCUT2D eigenvalue weighted by atomic mass is 10.3. The molecule has 2 rings (SSSR count). The molecular formula is C16H17N5O4. The maximum Gasteiger partial charge on any atom is 0.412 e. The molecule has 0 atom stereocenters. The summed E-state index contributed by atoms with van der Waals surface area (Å²) in [6.45, 7) is 1.33. The van der Waals surface area contributed by atoms with E-state index < -0.39 is 6.09 Å². The minimum atomic E-state index is -0.724. The van der Waals surface area contributed by atoms with Crippen LogP contribution in [0.15, 0.2) is 46.6 Å². The first-order valence-corrected chi connectivity index (χ1v) is 7.22. The average molecular weight is 343 g/mol. The summed E-state index contributed by atoms with van der Waals surface area (Å²) in [6.07, 6.45) is -0.724. The number of carbonyl (C=O) groups is 2. The molecular weight excluding hydrogens is 326 g/mol. The summed E-state index contributed by atoms with van der Waals surface area (Å²) >= 11 is 0. The van der Waals surface area contributed by atoms with Crippen LogP contribution in [0.1, 0.15) is 6.92 Å². The maximum atomic E-state index is 11.4. The number of hydrogen-bond donors (Lipinski definition) is 2. The van der Waals surface area contributed by atoms with Crippen LogP contribution >= 0.6 is 0 Å². The van der Waals surface area contributed by atoms with Gasteiger partial charge in [-0.15, -0.1) is 5.11 Å². The van der Waals surface area contributed by atoms with Crippen molar-refractivity contribution in [2.24, 2.45) is 10.2 Å². The zero-order chi connectivity index (χ0) is 18.2. The summed E-state index contributed by atoms with van der Waals surface area (Å²) in [5, 5.41) is 13.1. The van der Waals surface area contributed by atoms with Crippen LogP contribution in [0.25, 0.3) is 0 Å². The van der Waals surface area contributed by atoms with E-state index in [-0.39, 0.29) is 29.0 Å². The molecule has 1 aromatic heterocycles. The first kappa shape index (κ1) is 17.9. The third-order valence-electron chi connectivity index (χ3n) is 2.92. The van der Waals surface area contributed by atoms with Gasteiger partial charge < -0.3 is 14.8 Å². The first-order chi connectivity index (χ1) is 12.0. The molecule has 2 amide bonds. The fourth-order valence-electron chi connectivity index (χ4n) is 1.82. The Morgan fingerprint density at radius 3 is 2.36 bits per heavy atom. The topological polar surface area (TPSA) is 114 Å². The number of nitrogens with one attached hydrogen (secondary N) is 2. The monoisotopic (exact) mass is 343 g/mol. The van der Waals surface area contributed by atoms with Crippen LogP contribution in [0.5, 0.6) is 5.75 Å². The highest BCUT2D eigenvalue weighted by Crippen LogP contribution is 2.34. The molecule has 0 spiro atoms. The van der Waals surface area contributed by atoms with Gasteiger partial charge in [0, 0.05) is 13.0 Å². The molecule has 0 aliphatic heterocycles. The molecule has 0 aliphatic rings. The fourth-order valence-corrected chi connectivity index (χ4v) is 1.82. The van der Waals surface area contributed by atoms with Crippen LogP contribution in [0.2, 0.25) is 0 Å². The lowest BCUT2D eigenvalue weighted by molar-refractivity contribution is -0.114. The Balaban J connectivity index is 2.44. The van der Waals surface area contributed by atoms with Crippen LogP contribution in [0, 0.1) is 0 Å². The van der Waals surface area contributed by atoms with Crippen LogP contribution in [0.4, 0.5) is 27.8 Å². The number of pyridine rings is 1. The highest BCUT2D eigenvalue weighted by molar-refractivity contribution is 5.92. The molecule has 2 aromatic rings. The van der Waals surface area contributed by atoms with Gasteiger partial charge in [0.15, 0.2) is 17.4 Å². The molecule has 0 saturated carbocycles. The smallest absolute Gasteiger partial charge is 0.412 e. The van der Waals surface area contributed by atoms with Crippen molar-refractivity contribution in [3.63, 3.8) is 0 Å². The molecule has 0 bridgehead atoms. The van der Waals surface area contributed by atoms with Gasteiger partial charge in [-0.05, 0) is 12.1 Å². The number of benzene rings is 1. The predicted octanol–water partition coefficient (Wildman–Crippen LogP) is 3.64. The van der Waals surface area contributed by atoms with Gasteiger partial charge in [-0.3, -0.25) is 10.1 Å². The Bertz CT molecular complexity index is 793. The summed E-state index contributed by atoms with van der Waals surface area (Å²) < 4.78 is 9.73. The Labute approximate surface area is 144 Å². The third-order valence-corrected chi connectivity index (χ3v) is 2.92. The quantitative estimate of drug-likeness (QED) is 0.804. The standard InChI is InChI=1S/C16H17N5O4/c1-10(22)17-14-12(21-20-11-7-5-4-6-8-11)9-13(24-2)15(18-14)19-16(23)25-3/h4-9H,1-3H3,(H2,17,18,19,22,23)/b21-20+. The van der Waals surface area contributed by atoms with Gasteiger partial charge in [0.05, 0.1) is 19.9 Å². The van der Waals surface area contributed by atoms with Crippen LogP contribution in [0.3, 0.4) is 0 Å². The van der Waals surface area contributed by atoms with Gasteiger partial charge >= 0.3 is 6.09 Å².